The smallest absolute Gasteiger partial charge is 0.255 e. The monoisotopic (exact) mass is 335 g/mol. The van der Waals surface area contributed by atoms with Crippen LogP contribution in [0.1, 0.15) is 23.2 Å². The van der Waals surface area contributed by atoms with Crippen LogP contribution in [0, 0.1) is 0 Å². The van der Waals surface area contributed by atoms with Crippen LogP contribution in [-0.4, -0.2) is 29.3 Å². The first-order chi connectivity index (χ1) is 8.08. The molecule has 92 valence electrons. The van der Waals surface area contributed by atoms with Crippen LogP contribution < -0.4 is 0 Å². The second kappa shape index (κ2) is 5.59. The zero-order valence-electron chi connectivity index (χ0n) is 9.13. The highest BCUT2D eigenvalue weighted by Gasteiger charge is 2.23. The molecule has 2 rings (SSSR count). The molecule has 0 atom stereocenters. The minimum Gasteiger partial charge on any atom is -0.339 e. The van der Waals surface area contributed by atoms with E-state index in [0.717, 1.165) is 30.4 Å². The first-order valence-corrected chi connectivity index (χ1v) is 7.07. The van der Waals surface area contributed by atoms with Crippen molar-refractivity contribution in [1.29, 1.82) is 0 Å². The van der Waals surface area contributed by atoms with Gasteiger partial charge in [0.25, 0.3) is 5.91 Å². The zero-order chi connectivity index (χ0) is 12.4. The summed E-state index contributed by atoms with van der Waals surface area (Å²) >= 11 is 15.2. The fraction of sp³-hybridized carbons (Fsp3) is 0.417. The Morgan fingerprint density at radius 3 is 2.59 bits per heavy atom. The Bertz CT molecular complexity index is 431. The number of amides is 1. The molecule has 0 aromatic heterocycles. The molecule has 0 saturated carbocycles. The van der Waals surface area contributed by atoms with Gasteiger partial charge in [0.2, 0.25) is 0 Å². The normalized spacial score (nSPS) is 17.2. The molecule has 1 aromatic rings. The topological polar surface area (TPSA) is 20.3 Å². The van der Waals surface area contributed by atoms with Crippen molar-refractivity contribution in [2.75, 3.05) is 13.1 Å². The lowest BCUT2D eigenvalue weighted by Gasteiger charge is -2.29. The van der Waals surface area contributed by atoms with Gasteiger partial charge in [-0.25, -0.2) is 0 Å². The molecule has 2 nitrogen and oxygen atoms in total. The lowest BCUT2D eigenvalue weighted by molar-refractivity contribution is 0.0725. The van der Waals surface area contributed by atoms with E-state index in [1.165, 1.54) is 0 Å². The molecule has 1 fully saturated rings. The summed E-state index contributed by atoms with van der Waals surface area (Å²) in [7, 11) is 0. The molecule has 0 N–H and O–H groups in total. The average molecular weight is 337 g/mol. The Hall–Kier alpha value is -0.250. The molecule has 0 bridgehead atoms. The highest BCUT2D eigenvalue weighted by Crippen LogP contribution is 2.24. The third kappa shape index (κ3) is 3.15. The van der Waals surface area contributed by atoms with Crippen molar-refractivity contribution in [1.82, 2.24) is 4.90 Å². The van der Waals surface area contributed by atoms with Gasteiger partial charge in [-0.2, -0.15) is 0 Å². The number of alkyl halides is 1. The molecule has 0 radical (unpaired) electrons. The molecule has 0 spiro atoms. The zero-order valence-corrected chi connectivity index (χ0v) is 12.2. The number of piperidine rings is 1. The van der Waals surface area contributed by atoms with Crippen LogP contribution in [0.25, 0.3) is 0 Å². The van der Waals surface area contributed by atoms with Crippen molar-refractivity contribution in [3.8, 4) is 0 Å². The number of rotatable bonds is 1. The Kier molecular flexibility index (Phi) is 4.34. The fourth-order valence-electron chi connectivity index (χ4n) is 1.88. The SMILES string of the molecule is O=C(c1ccc(Cl)cc1Br)N1CCC(Cl)CC1. The summed E-state index contributed by atoms with van der Waals surface area (Å²) < 4.78 is 0.739. The summed E-state index contributed by atoms with van der Waals surface area (Å²) in [6.07, 6.45) is 1.72. The third-order valence-corrected chi connectivity index (χ3v) is 4.20. The Morgan fingerprint density at radius 1 is 1.35 bits per heavy atom. The highest BCUT2D eigenvalue weighted by molar-refractivity contribution is 9.10. The minimum absolute atomic E-state index is 0.0390. The van der Waals surface area contributed by atoms with Gasteiger partial charge in [-0.3, -0.25) is 4.79 Å². The predicted octanol–water partition coefficient (Wildman–Crippen LogP) is 3.95. The lowest BCUT2D eigenvalue weighted by Crippen LogP contribution is -2.38. The number of carbonyl (C=O) groups excluding carboxylic acids is 1. The minimum atomic E-state index is 0.0390. The number of nitrogens with zero attached hydrogens (tertiary/aromatic N) is 1. The van der Waals surface area contributed by atoms with Gasteiger partial charge in [-0.1, -0.05) is 11.6 Å². The number of hydrogen-bond acceptors (Lipinski definition) is 1. The first-order valence-electron chi connectivity index (χ1n) is 5.46. The van der Waals surface area contributed by atoms with E-state index in [1.807, 2.05) is 4.90 Å². The third-order valence-electron chi connectivity index (χ3n) is 2.87. The highest BCUT2D eigenvalue weighted by atomic mass is 79.9. The van der Waals surface area contributed by atoms with Crippen molar-refractivity contribution < 1.29 is 4.79 Å². The summed E-state index contributed by atoms with van der Waals surface area (Å²) in [6.45, 7) is 1.45. The molecule has 17 heavy (non-hydrogen) atoms. The molecular formula is C12H12BrCl2NO. The van der Waals surface area contributed by atoms with Crippen LogP contribution in [0.3, 0.4) is 0 Å². The van der Waals surface area contributed by atoms with E-state index in [-0.39, 0.29) is 11.3 Å². The second-order valence-corrected chi connectivity index (χ2v) is 6.00. The van der Waals surface area contributed by atoms with Crippen LogP contribution in [0.15, 0.2) is 22.7 Å². The van der Waals surface area contributed by atoms with Gasteiger partial charge < -0.3 is 4.90 Å². The number of likely N-dealkylation sites (tertiary alicyclic amines) is 1. The molecular weight excluding hydrogens is 325 g/mol. The van der Waals surface area contributed by atoms with E-state index in [2.05, 4.69) is 15.9 Å². The van der Waals surface area contributed by atoms with Gasteiger partial charge in [0.1, 0.15) is 0 Å². The van der Waals surface area contributed by atoms with Crippen molar-refractivity contribution in [2.45, 2.75) is 18.2 Å². The van der Waals surface area contributed by atoms with E-state index in [4.69, 9.17) is 23.2 Å². The Labute approximate surface area is 119 Å². The summed E-state index contributed by atoms with van der Waals surface area (Å²) in [5, 5.41) is 0.820. The summed E-state index contributed by atoms with van der Waals surface area (Å²) in [5.74, 6) is 0.0390. The van der Waals surface area contributed by atoms with Crippen LogP contribution >= 0.6 is 39.1 Å². The molecule has 1 aromatic carbocycles. The van der Waals surface area contributed by atoms with Gasteiger partial charge in [-0.15, -0.1) is 11.6 Å². The van der Waals surface area contributed by atoms with E-state index >= 15 is 0 Å². The van der Waals surface area contributed by atoms with E-state index in [9.17, 15) is 4.79 Å². The van der Waals surface area contributed by atoms with Crippen molar-refractivity contribution in [2.24, 2.45) is 0 Å². The van der Waals surface area contributed by atoms with Crippen molar-refractivity contribution in [3.05, 3.63) is 33.3 Å². The number of hydrogen-bond donors (Lipinski definition) is 0. The summed E-state index contributed by atoms with van der Waals surface area (Å²) in [6, 6.07) is 5.22. The Balaban J connectivity index is 2.14. The predicted molar refractivity (Wildman–Crippen MR) is 73.9 cm³/mol. The number of halogens is 3. The largest absolute Gasteiger partial charge is 0.339 e. The van der Waals surface area contributed by atoms with Gasteiger partial charge >= 0.3 is 0 Å². The van der Waals surface area contributed by atoms with Gasteiger partial charge in [-0.05, 0) is 47.0 Å². The van der Waals surface area contributed by atoms with Crippen molar-refractivity contribution in [3.63, 3.8) is 0 Å². The van der Waals surface area contributed by atoms with Gasteiger partial charge in [0.05, 0.1) is 5.56 Å². The quantitative estimate of drug-likeness (QED) is 0.711. The van der Waals surface area contributed by atoms with Crippen LogP contribution in [0.2, 0.25) is 5.02 Å². The fourth-order valence-corrected chi connectivity index (χ4v) is 2.93. The molecule has 1 saturated heterocycles. The molecule has 5 heteroatoms. The number of benzene rings is 1. The van der Waals surface area contributed by atoms with E-state index < -0.39 is 0 Å². The standard InChI is InChI=1S/C12H12BrCl2NO/c13-11-7-9(15)1-2-10(11)12(17)16-5-3-8(14)4-6-16/h1-2,7-8H,3-6H2. The van der Waals surface area contributed by atoms with Crippen LogP contribution in [-0.2, 0) is 0 Å². The Morgan fingerprint density at radius 2 is 2.00 bits per heavy atom. The maximum Gasteiger partial charge on any atom is 0.255 e. The van der Waals surface area contributed by atoms with Crippen molar-refractivity contribution >= 4 is 45.0 Å². The van der Waals surface area contributed by atoms with Crippen LogP contribution in [0.4, 0.5) is 0 Å². The molecule has 1 aliphatic heterocycles. The molecule has 0 unspecified atom stereocenters. The first kappa shape index (κ1) is 13.2. The maximum atomic E-state index is 12.2. The molecule has 1 heterocycles. The number of carbonyl (C=O) groups is 1. The maximum absolute atomic E-state index is 12.2. The molecule has 0 aliphatic carbocycles. The van der Waals surface area contributed by atoms with Crippen LogP contribution in [0.5, 0.6) is 0 Å². The molecule has 1 amide bonds. The summed E-state index contributed by atoms with van der Waals surface area (Å²) in [5.41, 5.74) is 0.655. The van der Waals surface area contributed by atoms with E-state index in [0.29, 0.717) is 10.6 Å². The second-order valence-electron chi connectivity index (χ2n) is 4.09. The van der Waals surface area contributed by atoms with Gasteiger partial charge in [0, 0.05) is 28.0 Å². The van der Waals surface area contributed by atoms with Gasteiger partial charge in [0.15, 0.2) is 0 Å². The van der Waals surface area contributed by atoms with E-state index in [1.54, 1.807) is 18.2 Å². The average Bonchev–Trinajstić information content (AvgIpc) is 2.29. The summed E-state index contributed by atoms with van der Waals surface area (Å²) in [4.78, 5) is 14.1. The lowest BCUT2D eigenvalue weighted by atomic mass is 10.1. The molecule has 1 aliphatic rings.